The summed E-state index contributed by atoms with van der Waals surface area (Å²) >= 11 is 6.11. The molecule has 1 aliphatic heterocycles. The van der Waals surface area contributed by atoms with Gasteiger partial charge in [-0.1, -0.05) is 25.4 Å². The smallest absolute Gasteiger partial charge is 0.238 e. The van der Waals surface area contributed by atoms with Gasteiger partial charge in [0, 0.05) is 18.2 Å². The van der Waals surface area contributed by atoms with Crippen molar-refractivity contribution < 1.29 is 22.7 Å². The molecule has 1 aromatic carbocycles. The Balaban J connectivity index is 2.31. The molecule has 24 heavy (non-hydrogen) atoms. The van der Waals surface area contributed by atoms with E-state index in [0.717, 1.165) is 12.8 Å². The van der Waals surface area contributed by atoms with E-state index in [1.54, 1.807) is 0 Å². The van der Waals surface area contributed by atoms with Gasteiger partial charge < -0.3 is 14.8 Å². The van der Waals surface area contributed by atoms with Crippen molar-refractivity contribution >= 4 is 27.3 Å². The van der Waals surface area contributed by atoms with Gasteiger partial charge in [-0.25, -0.2) is 8.42 Å². The van der Waals surface area contributed by atoms with Crippen LogP contribution in [0.5, 0.6) is 11.5 Å². The second kappa shape index (κ2) is 7.61. The van der Waals surface area contributed by atoms with E-state index in [1.165, 1.54) is 19.1 Å². The lowest BCUT2D eigenvalue weighted by molar-refractivity contribution is -0.121. The molecular weight excluding hydrogens is 354 g/mol. The van der Waals surface area contributed by atoms with E-state index >= 15 is 0 Å². The van der Waals surface area contributed by atoms with Crippen LogP contribution in [0.25, 0.3) is 0 Å². The molecule has 0 aromatic heterocycles. The van der Waals surface area contributed by atoms with Crippen LogP contribution in [0.3, 0.4) is 0 Å². The van der Waals surface area contributed by atoms with Gasteiger partial charge in [0.25, 0.3) is 0 Å². The van der Waals surface area contributed by atoms with Gasteiger partial charge in [0.05, 0.1) is 9.92 Å². The molecule has 0 saturated carbocycles. The lowest BCUT2D eigenvalue weighted by Gasteiger charge is -2.22. The van der Waals surface area contributed by atoms with Crippen molar-refractivity contribution in [1.29, 1.82) is 0 Å². The Hall–Kier alpha value is -1.47. The number of sulfone groups is 1. The highest BCUT2D eigenvalue weighted by atomic mass is 35.5. The lowest BCUT2D eigenvalue weighted by atomic mass is 10.2. The molecule has 0 saturated heterocycles. The Morgan fingerprint density at radius 2 is 1.75 bits per heavy atom. The number of nitrogens with one attached hydrogen (secondary N) is 1. The molecule has 0 spiro atoms. The third kappa shape index (κ3) is 3.78. The molecule has 1 atom stereocenters. The van der Waals surface area contributed by atoms with Crippen LogP contribution in [0.2, 0.25) is 5.02 Å². The quantitative estimate of drug-likeness (QED) is 0.826. The number of carbonyl (C=O) groups excluding carboxylic acids is 1. The molecule has 0 radical (unpaired) electrons. The second-order valence-corrected chi connectivity index (χ2v) is 8.28. The van der Waals surface area contributed by atoms with Crippen molar-refractivity contribution in [3.05, 3.63) is 17.2 Å². The van der Waals surface area contributed by atoms with Crippen LogP contribution in [0, 0.1) is 0 Å². The van der Waals surface area contributed by atoms with E-state index in [9.17, 15) is 13.2 Å². The molecule has 1 unspecified atom stereocenters. The number of carbonyl (C=O) groups is 1. The number of hydrogen-bond donors (Lipinski definition) is 1. The van der Waals surface area contributed by atoms with Crippen molar-refractivity contribution in [2.45, 2.75) is 49.8 Å². The van der Waals surface area contributed by atoms with Gasteiger partial charge in [-0.3, -0.25) is 4.79 Å². The zero-order valence-corrected chi connectivity index (χ0v) is 15.5. The summed E-state index contributed by atoms with van der Waals surface area (Å²) < 4.78 is 36.4. The molecule has 8 heteroatoms. The Morgan fingerprint density at radius 3 is 2.29 bits per heavy atom. The molecule has 134 valence electrons. The topological polar surface area (TPSA) is 81.7 Å². The van der Waals surface area contributed by atoms with Crippen LogP contribution in [0.1, 0.15) is 33.6 Å². The van der Waals surface area contributed by atoms with Gasteiger partial charge in [0.2, 0.25) is 5.91 Å². The summed E-state index contributed by atoms with van der Waals surface area (Å²) in [5.74, 6) is 0.186. The average molecular weight is 376 g/mol. The summed E-state index contributed by atoms with van der Waals surface area (Å²) in [6.45, 7) is 5.94. The highest BCUT2D eigenvalue weighted by Crippen LogP contribution is 2.38. The third-order valence-electron chi connectivity index (χ3n) is 4.07. The normalized spacial score (nSPS) is 15.2. The first-order valence-corrected chi connectivity index (χ1v) is 9.87. The Kier molecular flexibility index (Phi) is 5.98. The van der Waals surface area contributed by atoms with E-state index in [4.69, 9.17) is 21.1 Å². The number of ether oxygens (including phenoxy) is 2. The fourth-order valence-electron chi connectivity index (χ4n) is 2.41. The fourth-order valence-corrected chi connectivity index (χ4v) is 4.22. The molecule has 1 N–H and O–H groups in total. The standard InChI is InChI=1S/C16H22ClNO5S/c1-4-11(5-2)18-16(19)10(3)24(20,21)15-9-14-13(8-12(15)17)22-6-7-23-14/h8-11H,4-7H2,1-3H3,(H,18,19). The van der Waals surface area contributed by atoms with Crippen LogP contribution in [-0.4, -0.2) is 38.8 Å². The maximum Gasteiger partial charge on any atom is 0.238 e. The lowest BCUT2D eigenvalue weighted by Crippen LogP contribution is -2.43. The van der Waals surface area contributed by atoms with E-state index in [1.807, 2.05) is 13.8 Å². The summed E-state index contributed by atoms with van der Waals surface area (Å²) in [6.07, 6.45) is 1.47. The Labute approximate surface area is 147 Å². The number of benzene rings is 1. The molecule has 1 heterocycles. The highest BCUT2D eigenvalue weighted by Gasteiger charge is 2.33. The van der Waals surface area contributed by atoms with Gasteiger partial charge in [0.15, 0.2) is 21.3 Å². The maximum absolute atomic E-state index is 12.8. The molecule has 1 aromatic rings. The van der Waals surface area contributed by atoms with Crippen molar-refractivity contribution in [2.24, 2.45) is 0 Å². The molecule has 0 fully saturated rings. The molecule has 1 amide bonds. The average Bonchev–Trinajstić information content (AvgIpc) is 2.57. The van der Waals surface area contributed by atoms with Gasteiger partial charge >= 0.3 is 0 Å². The minimum absolute atomic E-state index is 0.0152. The Morgan fingerprint density at radius 1 is 1.21 bits per heavy atom. The van der Waals surface area contributed by atoms with Gasteiger partial charge in [-0.05, 0) is 19.8 Å². The third-order valence-corrected chi connectivity index (χ3v) is 6.59. The molecule has 6 nitrogen and oxygen atoms in total. The molecule has 0 aliphatic carbocycles. The highest BCUT2D eigenvalue weighted by molar-refractivity contribution is 7.92. The summed E-state index contributed by atoms with van der Waals surface area (Å²) in [5, 5.41) is 1.52. The van der Waals surface area contributed by atoms with E-state index < -0.39 is 21.0 Å². The SMILES string of the molecule is CCC(CC)NC(=O)C(C)S(=O)(=O)c1cc2c(cc1Cl)OCCO2. The van der Waals surface area contributed by atoms with Crippen molar-refractivity contribution in [3.8, 4) is 11.5 Å². The molecular formula is C16H22ClNO5S. The van der Waals surface area contributed by atoms with E-state index in [0.29, 0.717) is 24.7 Å². The molecule has 0 bridgehead atoms. The van der Waals surface area contributed by atoms with E-state index in [-0.39, 0.29) is 16.0 Å². The summed E-state index contributed by atoms with van der Waals surface area (Å²) in [4.78, 5) is 12.2. The number of fused-ring (bicyclic) bond motifs is 1. The van der Waals surface area contributed by atoms with Gasteiger partial charge in [-0.2, -0.15) is 0 Å². The zero-order chi connectivity index (χ0) is 17.9. The van der Waals surface area contributed by atoms with Crippen LogP contribution in [0.15, 0.2) is 17.0 Å². The monoisotopic (exact) mass is 375 g/mol. The van der Waals surface area contributed by atoms with Crippen molar-refractivity contribution in [2.75, 3.05) is 13.2 Å². The summed E-state index contributed by atoms with van der Waals surface area (Å²) in [6, 6.07) is 2.69. The number of rotatable bonds is 6. The second-order valence-electron chi connectivity index (χ2n) is 5.64. The maximum atomic E-state index is 12.8. The number of amides is 1. The number of hydrogen-bond acceptors (Lipinski definition) is 5. The largest absolute Gasteiger partial charge is 0.486 e. The number of halogens is 1. The first-order valence-electron chi connectivity index (χ1n) is 7.94. The van der Waals surface area contributed by atoms with Crippen molar-refractivity contribution in [1.82, 2.24) is 5.32 Å². The summed E-state index contributed by atoms with van der Waals surface area (Å²) in [7, 11) is -3.94. The predicted octanol–water partition coefficient (Wildman–Crippen LogP) is 2.58. The summed E-state index contributed by atoms with van der Waals surface area (Å²) in [5.41, 5.74) is 0. The van der Waals surface area contributed by atoms with E-state index in [2.05, 4.69) is 5.32 Å². The molecule has 2 rings (SSSR count). The van der Waals surface area contributed by atoms with Crippen LogP contribution in [-0.2, 0) is 14.6 Å². The van der Waals surface area contributed by atoms with Crippen LogP contribution >= 0.6 is 11.6 Å². The minimum Gasteiger partial charge on any atom is -0.486 e. The first kappa shape index (κ1) is 18.9. The van der Waals surface area contributed by atoms with Gasteiger partial charge in [-0.15, -0.1) is 0 Å². The first-order chi connectivity index (χ1) is 11.3. The minimum atomic E-state index is -3.94. The van der Waals surface area contributed by atoms with Crippen LogP contribution < -0.4 is 14.8 Å². The Bertz CT molecular complexity index is 715. The molecule has 1 aliphatic rings. The van der Waals surface area contributed by atoms with Gasteiger partial charge in [0.1, 0.15) is 18.5 Å². The fraction of sp³-hybridized carbons (Fsp3) is 0.562. The van der Waals surface area contributed by atoms with Crippen molar-refractivity contribution in [3.63, 3.8) is 0 Å². The zero-order valence-electron chi connectivity index (χ0n) is 14.0. The van der Waals surface area contributed by atoms with Crippen LogP contribution in [0.4, 0.5) is 0 Å². The predicted molar refractivity (Wildman–Crippen MR) is 91.6 cm³/mol.